The summed E-state index contributed by atoms with van der Waals surface area (Å²) in [4.78, 5) is 12.9. The fourth-order valence-electron chi connectivity index (χ4n) is 1.31. The summed E-state index contributed by atoms with van der Waals surface area (Å²) in [5, 5.41) is 0. The SMILES string of the molecule is CC1(C)CN(CCCN)C(=O)O1. The molecule has 0 aromatic rings. The minimum atomic E-state index is -0.328. The van der Waals surface area contributed by atoms with Gasteiger partial charge in [0.05, 0.1) is 6.54 Å². The van der Waals surface area contributed by atoms with Gasteiger partial charge in [-0.2, -0.15) is 0 Å². The standard InChI is InChI=1S/C8H16N2O2/c1-8(2)6-10(5-3-4-9)7(11)12-8/h3-6,9H2,1-2H3. The van der Waals surface area contributed by atoms with E-state index < -0.39 is 0 Å². The zero-order valence-electron chi connectivity index (χ0n) is 7.67. The van der Waals surface area contributed by atoms with E-state index in [4.69, 9.17) is 10.5 Å². The maximum Gasteiger partial charge on any atom is 0.410 e. The maximum atomic E-state index is 11.2. The Kier molecular flexibility index (Phi) is 2.57. The number of hydrogen-bond donors (Lipinski definition) is 1. The molecule has 0 atom stereocenters. The van der Waals surface area contributed by atoms with E-state index in [1.807, 2.05) is 13.8 Å². The van der Waals surface area contributed by atoms with Crippen molar-refractivity contribution >= 4 is 6.09 Å². The Morgan fingerprint density at radius 2 is 2.33 bits per heavy atom. The minimum absolute atomic E-state index is 0.214. The second kappa shape index (κ2) is 3.31. The second-order valence-electron chi connectivity index (χ2n) is 3.69. The third-order valence-electron chi connectivity index (χ3n) is 1.83. The van der Waals surface area contributed by atoms with E-state index in [0.717, 1.165) is 6.42 Å². The fraction of sp³-hybridized carbons (Fsp3) is 0.875. The van der Waals surface area contributed by atoms with Crippen LogP contribution in [0.3, 0.4) is 0 Å². The first-order valence-corrected chi connectivity index (χ1v) is 4.23. The van der Waals surface area contributed by atoms with Gasteiger partial charge in [-0.1, -0.05) is 0 Å². The molecule has 4 nitrogen and oxygen atoms in total. The number of rotatable bonds is 3. The molecule has 1 aliphatic heterocycles. The fourth-order valence-corrected chi connectivity index (χ4v) is 1.31. The quantitative estimate of drug-likeness (QED) is 0.677. The zero-order chi connectivity index (χ0) is 9.19. The second-order valence-corrected chi connectivity index (χ2v) is 3.69. The number of ether oxygens (including phenoxy) is 1. The lowest BCUT2D eigenvalue weighted by Gasteiger charge is -2.14. The van der Waals surface area contributed by atoms with E-state index in [9.17, 15) is 4.79 Å². The first kappa shape index (κ1) is 9.32. The number of carbonyl (C=O) groups excluding carboxylic acids is 1. The van der Waals surface area contributed by atoms with Crippen LogP contribution in [-0.4, -0.2) is 36.2 Å². The Morgan fingerprint density at radius 1 is 1.67 bits per heavy atom. The van der Waals surface area contributed by atoms with Crippen molar-refractivity contribution in [3.05, 3.63) is 0 Å². The average molecular weight is 172 g/mol. The number of amides is 1. The number of cyclic esters (lactones) is 1. The van der Waals surface area contributed by atoms with Gasteiger partial charge in [-0.15, -0.1) is 0 Å². The molecule has 70 valence electrons. The van der Waals surface area contributed by atoms with Crippen LogP contribution in [0.4, 0.5) is 4.79 Å². The predicted octanol–water partition coefficient (Wildman–Crippen LogP) is 0.566. The smallest absolute Gasteiger partial charge is 0.410 e. The van der Waals surface area contributed by atoms with Crippen LogP contribution in [0.2, 0.25) is 0 Å². The molecule has 1 amide bonds. The number of nitrogens with zero attached hydrogens (tertiary/aromatic N) is 1. The van der Waals surface area contributed by atoms with Crippen molar-refractivity contribution in [1.82, 2.24) is 4.90 Å². The van der Waals surface area contributed by atoms with Crippen LogP contribution in [0.25, 0.3) is 0 Å². The van der Waals surface area contributed by atoms with Crippen molar-refractivity contribution in [2.45, 2.75) is 25.9 Å². The Bertz CT molecular complexity index is 180. The molecule has 0 aromatic heterocycles. The maximum absolute atomic E-state index is 11.2. The molecule has 4 heteroatoms. The zero-order valence-corrected chi connectivity index (χ0v) is 7.67. The highest BCUT2D eigenvalue weighted by atomic mass is 16.6. The Hall–Kier alpha value is -0.770. The molecule has 2 N–H and O–H groups in total. The Labute approximate surface area is 72.7 Å². The largest absolute Gasteiger partial charge is 0.441 e. The normalized spacial score (nSPS) is 21.2. The molecule has 0 radical (unpaired) electrons. The highest BCUT2D eigenvalue weighted by Gasteiger charge is 2.36. The van der Waals surface area contributed by atoms with Gasteiger partial charge >= 0.3 is 6.09 Å². The lowest BCUT2D eigenvalue weighted by atomic mass is 10.1. The molecular formula is C8H16N2O2. The summed E-state index contributed by atoms with van der Waals surface area (Å²) in [7, 11) is 0. The third-order valence-corrected chi connectivity index (χ3v) is 1.83. The van der Waals surface area contributed by atoms with Crippen molar-refractivity contribution in [2.75, 3.05) is 19.6 Å². The molecule has 0 bridgehead atoms. The van der Waals surface area contributed by atoms with E-state index in [0.29, 0.717) is 19.6 Å². The van der Waals surface area contributed by atoms with E-state index >= 15 is 0 Å². The van der Waals surface area contributed by atoms with Gasteiger partial charge in [0.1, 0.15) is 5.60 Å². The molecule has 1 heterocycles. The van der Waals surface area contributed by atoms with E-state index in [1.54, 1.807) is 4.90 Å². The summed E-state index contributed by atoms with van der Waals surface area (Å²) in [6, 6.07) is 0. The van der Waals surface area contributed by atoms with E-state index in [1.165, 1.54) is 0 Å². The highest BCUT2D eigenvalue weighted by Crippen LogP contribution is 2.21. The molecule has 0 saturated carbocycles. The molecule has 1 aliphatic rings. The monoisotopic (exact) mass is 172 g/mol. The molecule has 0 unspecified atom stereocenters. The highest BCUT2D eigenvalue weighted by molar-refractivity contribution is 5.70. The summed E-state index contributed by atoms with van der Waals surface area (Å²) in [6.45, 7) is 5.81. The Morgan fingerprint density at radius 3 is 2.75 bits per heavy atom. The van der Waals surface area contributed by atoms with E-state index in [2.05, 4.69) is 0 Å². The number of hydrogen-bond acceptors (Lipinski definition) is 3. The van der Waals surface area contributed by atoms with Gasteiger partial charge in [0.15, 0.2) is 0 Å². The van der Waals surface area contributed by atoms with Crippen molar-refractivity contribution in [3.63, 3.8) is 0 Å². The van der Waals surface area contributed by atoms with Gasteiger partial charge in [0.2, 0.25) is 0 Å². The van der Waals surface area contributed by atoms with Crippen LogP contribution in [0, 0.1) is 0 Å². The lowest BCUT2D eigenvalue weighted by Crippen LogP contribution is -2.30. The summed E-state index contributed by atoms with van der Waals surface area (Å²) in [5.74, 6) is 0. The molecule has 0 aliphatic carbocycles. The molecule has 0 spiro atoms. The summed E-state index contributed by atoms with van der Waals surface area (Å²) in [5.41, 5.74) is 5.01. The first-order valence-electron chi connectivity index (χ1n) is 4.23. The molecule has 0 aromatic carbocycles. The van der Waals surface area contributed by atoms with Gasteiger partial charge < -0.3 is 15.4 Å². The third kappa shape index (κ3) is 2.11. The van der Waals surface area contributed by atoms with Crippen molar-refractivity contribution in [3.8, 4) is 0 Å². The molecule has 1 saturated heterocycles. The van der Waals surface area contributed by atoms with Crippen LogP contribution in [0.15, 0.2) is 0 Å². The van der Waals surface area contributed by atoms with Crippen LogP contribution in [0.5, 0.6) is 0 Å². The Balaban J connectivity index is 2.42. The van der Waals surface area contributed by atoms with Crippen LogP contribution >= 0.6 is 0 Å². The minimum Gasteiger partial charge on any atom is -0.441 e. The molecular weight excluding hydrogens is 156 g/mol. The van der Waals surface area contributed by atoms with Gasteiger partial charge in [-0.3, -0.25) is 0 Å². The van der Waals surface area contributed by atoms with Crippen molar-refractivity contribution in [2.24, 2.45) is 5.73 Å². The molecule has 1 fully saturated rings. The van der Waals surface area contributed by atoms with E-state index in [-0.39, 0.29) is 11.7 Å². The van der Waals surface area contributed by atoms with Gasteiger partial charge in [0.25, 0.3) is 0 Å². The van der Waals surface area contributed by atoms with Crippen LogP contribution in [0.1, 0.15) is 20.3 Å². The summed E-state index contributed by atoms with van der Waals surface area (Å²) in [6.07, 6.45) is 0.624. The predicted molar refractivity (Wildman–Crippen MR) is 45.8 cm³/mol. The van der Waals surface area contributed by atoms with Gasteiger partial charge in [-0.25, -0.2) is 4.79 Å². The molecule has 1 rings (SSSR count). The van der Waals surface area contributed by atoms with Crippen LogP contribution < -0.4 is 5.73 Å². The van der Waals surface area contributed by atoms with Gasteiger partial charge in [0, 0.05) is 6.54 Å². The van der Waals surface area contributed by atoms with Crippen molar-refractivity contribution < 1.29 is 9.53 Å². The van der Waals surface area contributed by atoms with Gasteiger partial charge in [-0.05, 0) is 26.8 Å². The molecule has 12 heavy (non-hydrogen) atoms. The number of nitrogens with two attached hydrogens (primary N) is 1. The lowest BCUT2D eigenvalue weighted by molar-refractivity contribution is 0.0859. The average Bonchev–Trinajstić information content (AvgIpc) is 2.20. The van der Waals surface area contributed by atoms with Crippen molar-refractivity contribution in [1.29, 1.82) is 0 Å². The summed E-state index contributed by atoms with van der Waals surface area (Å²) >= 11 is 0. The van der Waals surface area contributed by atoms with Crippen LogP contribution in [-0.2, 0) is 4.74 Å². The first-order chi connectivity index (χ1) is 5.55. The number of carbonyl (C=O) groups is 1. The summed E-state index contributed by atoms with van der Waals surface area (Å²) < 4.78 is 5.10. The topological polar surface area (TPSA) is 55.6 Å².